The van der Waals surface area contributed by atoms with Gasteiger partial charge in [-0.3, -0.25) is 4.79 Å². The number of benzene rings is 1. The Hall–Kier alpha value is -1.84. The average molecular weight is 274 g/mol. The van der Waals surface area contributed by atoms with Crippen LogP contribution >= 0.6 is 0 Å². The van der Waals surface area contributed by atoms with E-state index in [-0.39, 0.29) is 22.7 Å². The minimum atomic E-state index is 0.0197. The fourth-order valence-corrected chi connectivity index (χ4v) is 2.95. The molecule has 1 saturated carbocycles. The molecule has 4 nitrogen and oxygen atoms in total. The molecule has 1 amide bonds. The highest BCUT2D eigenvalue weighted by atomic mass is 16.4. The van der Waals surface area contributed by atoms with E-state index in [1.807, 2.05) is 24.3 Å². The van der Waals surface area contributed by atoms with Crippen molar-refractivity contribution in [2.24, 2.45) is 21.9 Å². The summed E-state index contributed by atoms with van der Waals surface area (Å²) in [6.07, 6.45) is 0. The summed E-state index contributed by atoms with van der Waals surface area (Å²) in [5.41, 5.74) is 2.09. The van der Waals surface area contributed by atoms with Crippen molar-refractivity contribution in [1.29, 1.82) is 0 Å². The van der Waals surface area contributed by atoms with Gasteiger partial charge in [-0.15, -0.1) is 0 Å². The third-order valence-corrected chi connectivity index (χ3v) is 4.98. The maximum Gasteiger partial charge on any atom is 0.228 e. The van der Waals surface area contributed by atoms with Crippen molar-refractivity contribution in [3.05, 3.63) is 29.8 Å². The molecule has 0 aromatic heterocycles. The van der Waals surface area contributed by atoms with Crippen molar-refractivity contribution in [3.63, 3.8) is 0 Å². The van der Waals surface area contributed by atoms with E-state index in [0.717, 1.165) is 11.3 Å². The smallest absolute Gasteiger partial charge is 0.228 e. The minimum absolute atomic E-state index is 0.0197. The molecule has 1 aromatic carbocycles. The Morgan fingerprint density at radius 1 is 1.25 bits per heavy atom. The van der Waals surface area contributed by atoms with Gasteiger partial charge >= 0.3 is 0 Å². The van der Waals surface area contributed by atoms with Gasteiger partial charge in [-0.1, -0.05) is 45.0 Å². The van der Waals surface area contributed by atoms with E-state index in [1.165, 1.54) is 0 Å². The first-order chi connectivity index (χ1) is 9.21. The Balaban J connectivity index is 2.14. The van der Waals surface area contributed by atoms with Gasteiger partial charge in [-0.05, 0) is 29.9 Å². The van der Waals surface area contributed by atoms with Crippen LogP contribution in [0.3, 0.4) is 0 Å². The summed E-state index contributed by atoms with van der Waals surface area (Å²) < 4.78 is 0. The first kappa shape index (κ1) is 14.6. The normalized spacial score (nSPS) is 20.6. The van der Waals surface area contributed by atoms with Gasteiger partial charge < -0.3 is 10.5 Å². The third kappa shape index (κ3) is 2.19. The maximum atomic E-state index is 12.4. The first-order valence-corrected chi connectivity index (χ1v) is 6.82. The van der Waals surface area contributed by atoms with Crippen molar-refractivity contribution in [2.75, 3.05) is 5.32 Å². The predicted octanol–water partition coefficient (Wildman–Crippen LogP) is 3.51. The third-order valence-electron chi connectivity index (χ3n) is 4.98. The summed E-state index contributed by atoms with van der Waals surface area (Å²) in [6, 6.07) is 7.34. The van der Waals surface area contributed by atoms with Crippen LogP contribution in [-0.4, -0.2) is 16.8 Å². The van der Waals surface area contributed by atoms with Crippen molar-refractivity contribution in [3.8, 4) is 0 Å². The fraction of sp³-hybridized carbons (Fsp3) is 0.500. The zero-order valence-electron chi connectivity index (χ0n) is 12.7. The monoisotopic (exact) mass is 274 g/mol. The van der Waals surface area contributed by atoms with Gasteiger partial charge in [0.1, 0.15) is 0 Å². The Labute approximate surface area is 119 Å². The first-order valence-electron chi connectivity index (χ1n) is 6.82. The summed E-state index contributed by atoms with van der Waals surface area (Å²) >= 11 is 0. The molecule has 2 N–H and O–H groups in total. The molecule has 2 rings (SSSR count). The van der Waals surface area contributed by atoms with Gasteiger partial charge in [0.05, 0.1) is 5.71 Å². The van der Waals surface area contributed by atoms with Crippen LogP contribution in [-0.2, 0) is 4.79 Å². The molecule has 1 aliphatic rings. The molecule has 0 unspecified atom stereocenters. The summed E-state index contributed by atoms with van der Waals surface area (Å²) in [4.78, 5) is 12.4. The highest BCUT2D eigenvalue weighted by molar-refractivity contribution is 6.01. The van der Waals surface area contributed by atoms with Gasteiger partial charge in [0.15, 0.2) is 0 Å². The van der Waals surface area contributed by atoms with Gasteiger partial charge in [-0.2, -0.15) is 0 Å². The van der Waals surface area contributed by atoms with Gasteiger partial charge in [0, 0.05) is 17.2 Å². The van der Waals surface area contributed by atoms with Crippen LogP contribution in [0.2, 0.25) is 0 Å². The average Bonchev–Trinajstić information content (AvgIpc) is 2.79. The Morgan fingerprint density at radius 3 is 2.35 bits per heavy atom. The zero-order chi connectivity index (χ0) is 15.1. The van der Waals surface area contributed by atoms with Gasteiger partial charge in [-0.25, -0.2) is 0 Å². The van der Waals surface area contributed by atoms with Crippen LogP contribution in [0.4, 0.5) is 5.69 Å². The summed E-state index contributed by atoms with van der Waals surface area (Å²) in [7, 11) is 0. The molecule has 1 aliphatic carbocycles. The number of carbonyl (C=O) groups excluding carboxylic acids is 1. The van der Waals surface area contributed by atoms with E-state index in [2.05, 4.69) is 38.2 Å². The quantitative estimate of drug-likeness (QED) is 0.503. The van der Waals surface area contributed by atoms with Gasteiger partial charge in [0.25, 0.3) is 0 Å². The molecule has 0 spiro atoms. The number of nitrogens with zero attached hydrogens (tertiary/aromatic N) is 1. The second-order valence-electron chi connectivity index (χ2n) is 6.63. The molecule has 4 heteroatoms. The lowest BCUT2D eigenvalue weighted by Gasteiger charge is -2.08. The maximum absolute atomic E-state index is 12.4. The summed E-state index contributed by atoms with van der Waals surface area (Å²) in [5.74, 6) is 0.0713. The Morgan fingerprint density at radius 2 is 1.85 bits per heavy atom. The van der Waals surface area contributed by atoms with Crippen molar-refractivity contribution in [2.45, 2.75) is 34.6 Å². The number of hydrogen-bond acceptors (Lipinski definition) is 3. The standard InChI is InChI=1S/C16H22N2O2/c1-10(18-20)11-7-6-8-12(9-11)17-14(19)13-15(2,3)16(13,4)5/h6-9,13,20H,1-5H3,(H,17,19). The van der Waals surface area contributed by atoms with Crippen molar-refractivity contribution < 1.29 is 10.0 Å². The number of amides is 1. The molecule has 0 atom stereocenters. The van der Waals surface area contributed by atoms with E-state index < -0.39 is 0 Å². The number of rotatable bonds is 3. The van der Waals surface area contributed by atoms with E-state index >= 15 is 0 Å². The second-order valence-corrected chi connectivity index (χ2v) is 6.63. The summed E-state index contributed by atoms with van der Waals surface area (Å²) in [6.45, 7) is 10.2. The van der Waals surface area contributed by atoms with Crippen molar-refractivity contribution in [1.82, 2.24) is 0 Å². The SMILES string of the molecule is CC(=NO)c1cccc(NC(=O)C2C(C)(C)C2(C)C)c1. The van der Waals surface area contributed by atoms with Crippen LogP contribution in [0.5, 0.6) is 0 Å². The van der Waals surface area contributed by atoms with E-state index in [1.54, 1.807) is 6.92 Å². The molecular weight excluding hydrogens is 252 g/mol. The molecule has 1 aromatic rings. The molecule has 0 bridgehead atoms. The highest BCUT2D eigenvalue weighted by Crippen LogP contribution is 2.68. The molecular formula is C16H22N2O2. The fourth-order valence-electron chi connectivity index (χ4n) is 2.95. The Kier molecular flexibility index (Phi) is 3.36. The van der Waals surface area contributed by atoms with Gasteiger partial charge in [0.2, 0.25) is 5.91 Å². The molecule has 0 heterocycles. The van der Waals surface area contributed by atoms with E-state index in [9.17, 15) is 4.79 Å². The number of oxime groups is 1. The lowest BCUT2D eigenvalue weighted by molar-refractivity contribution is -0.118. The minimum Gasteiger partial charge on any atom is -0.411 e. The number of anilines is 1. The number of carbonyl (C=O) groups is 1. The van der Waals surface area contributed by atoms with Crippen LogP contribution in [0.25, 0.3) is 0 Å². The molecule has 0 aliphatic heterocycles. The van der Waals surface area contributed by atoms with Crippen LogP contribution < -0.4 is 5.32 Å². The number of hydrogen-bond donors (Lipinski definition) is 2. The molecule has 0 radical (unpaired) electrons. The van der Waals surface area contributed by atoms with Crippen LogP contribution in [0, 0.1) is 16.7 Å². The van der Waals surface area contributed by atoms with E-state index in [4.69, 9.17) is 5.21 Å². The zero-order valence-corrected chi connectivity index (χ0v) is 12.7. The highest BCUT2D eigenvalue weighted by Gasteiger charge is 2.68. The topological polar surface area (TPSA) is 61.7 Å². The molecule has 108 valence electrons. The van der Waals surface area contributed by atoms with Crippen LogP contribution in [0.1, 0.15) is 40.2 Å². The van der Waals surface area contributed by atoms with Crippen molar-refractivity contribution >= 4 is 17.3 Å². The molecule has 0 saturated heterocycles. The largest absolute Gasteiger partial charge is 0.411 e. The second kappa shape index (κ2) is 4.62. The number of nitrogens with one attached hydrogen (secondary N) is 1. The lowest BCUT2D eigenvalue weighted by Crippen LogP contribution is -2.17. The summed E-state index contributed by atoms with van der Waals surface area (Å²) in [5, 5.41) is 14.9. The van der Waals surface area contributed by atoms with Crippen LogP contribution in [0.15, 0.2) is 29.4 Å². The lowest BCUT2D eigenvalue weighted by atomic mass is 10.0. The molecule has 1 fully saturated rings. The van der Waals surface area contributed by atoms with E-state index in [0.29, 0.717) is 5.71 Å². The Bertz CT molecular complexity index is 560. The predicted molar refractivity (Wildman–Crippen MR) is 80.1 cm³/mol. The molecule has 20 heavy (non-hydrogen) atoms.